The highest BCUT2D eigenvalue weighted by atomic mass is 35.5. The first-order valence-corrected chi connectivity index (χ1v) is 7.46. The van der Waals surface area contributed by atoms with Gasteiger partial charge in [0.25, 0.3) is 10.2 Å². The number of rotatable bonds is 5. The maximum atomic E-state index is 12.0. The van der Waals surface area contributed by atoms with Gasteiger partial charge in [-0.3, -0.25) is 0 Å². The molecule has 0 atom stereocenters. The Bertz CT molecular complexity index is 326. The quantitative estimate of drug-likeness (QED) is 0.765. The van der Waals surface area contributed by atoms with E-state index in [9.17, 15) is 8.42 Å². The first kappa shape index (κ1) is 15.2. The van der Waals surface area contributed by atoms with Crippen LogP contribution in [0.15, 0.2) is 0 Å². The van der Waals surface area contributed by atoms with Crippen LogP contribution in [-0.2, 0) is 10.2 Å². The van der Waals surface area contributed by atoms with E-state index >= 15 is 0 Å². The highest BCUT2D eigenvalue weighted by Crippen LogP contribution is 2.29. The van der Waals surface area contributed by atoms with Gasteiger partial charge in [0, 0.05) is 19.6 Å². The molecule has 2 fully saturated rings. The van der Waals surface area contributed by atoms with Crippen LogP contribution in [0.3, 0.4) is 0 Å². The number of hydrogen-bond acceptors (Lipinski definition) is 3. The summed E-state index contributed by atoms with van der Waals surface area (Å²) in [5.74, 6) is 0.592. The minimum Gasteiger partial charge on any atom is -0.317 e. The fourth-order valence-electron chi connectivity index (χ4n) is 2.00. The first-order chi connectivity index (χ1) is 7.58. The standard InChI is InChI=1S/C10H21N3O2S.ClH/c1-13(8-9-2-3-9)16(14,15)12-10-4-6-11-7-5-10;/h9-12H,2-8H2,1H3;1H. The molecule has 2 rings (SSSR count). The molecule has 17 heavy (non-hydrogen) atoms. The Labute approximate surface area is 110 Å². The maximum Gasteiger partial charge on any atom is 0.279 e. The van der Waals surface area contributed by atoms with E-state index < -0.39 is 10.2 Å². The Hall–Kier alpha value is 0.120. The van der Waals surface area contributed by atoms with E-state index in [1.807, 2.05) is 0 Å². The number of hydrogen-bond donors (Lipinski definition) is 2. The lowest BCUT2D eigenvalue weighted by molar-refractivity contribution is 0.396. The van der Waals surface area contributed by atoms with Gasteiger partial charge in [-0.2, -0.15) is 17.4 Å². The van der Waals surface area contributed by atoms with Crippen LogP contribution >= 0.6 is 12.4 Å². The third-order valence-electron chi connectivity index (χ3n) is 3.28. The summed E-state index contributed by atoms with van der Waals surface area (Å²) in [7, 11) is -1.59. The summed E-state index contributed by atoms with van der Waals surface area (Å²) < 4.78 is 28.2. The third kappa shape index (κ3) is 4.71. The lowest BCUT2D eigenvalue weighted by Crippen LogP contribution is -2.48. The summed E-state index contributed by atoms with van der Waals surface area (Å²) in [6, 6.07) is 0.105. The lowest BCUT2D eigenvalue weighted by atomic mass is 10.1. The summed E-state index contributed by atoms with van der Waals surface area (Å²) in [5.41, 5.74) is 0. The molecule has 0 radical (unpaired) electrons. The van der Waals surface area contributed by atoms with Crippen molar-refractivity contribution in [2.75, 3.05) is 26.7 Å². The SMILES string of the molecule is CN(CC1CC1)S(=O)(=O)NC1CCNCC1.Cl. The lowest BCUT2D eigenvalue weighted by Gasteiger charge is -2.26. The van der Waals surface area contributed by atoms with Gasteiger partial charge in [0.05, 0.1) is 0 Å². The molecule has 2 aliphatic rings. The van der Waals surface area contributed by atoms with Gasteiger partial charge < -0.3 is 5.32 Å². The molecule has 1 saturated carbocycles. The minimum atomic E-state index is -3.26. The topological polar surface area (TPSA) is 61.4 Å². The smallest absolute Gasteiger partial charge is 0.279 e. The second-order valence-electron chi connectivity index (χ2n) is 4.87. The molecule has 1 aliphatic heterocycles. The molecule has 1 saturated heterocycles. The van der Waals surface area contributed by atoms with Gasteiger partial charge in [-0.1, -0.05) is 0 Å². The van der Waals surface area contributed by atoms with Crippen molar-refractivity contribution in [1.29, 1.82) is 0 Å². The Morgan fingerprint density at radius 2 is 1.82 bits per heavy atom. The Balaban J connectivity index is 0.00000144. The summed E-state index contributed by atoms with van der Waals surface area (Å²) in [4.78, 5) is 0. The van der Waals surface area contributed by atoms with Gasteiger partial charge in [-0.25, -0.2) is 0 Å². The number of piperidine rings is 1. The number of nitrogens with one attached hydrogen (secondary N) is 2. The van der Waals surface area contributed by atoms with Crippen LogP contribution in [-0.4, -0.2) is 45.4 Å². The van der Waals surface area contributed by atoms with Gasteiger partial charge in [0.15, 0.2) is 0 Å². The van der Waals surface area contributed by atoms with E-state index in [1.54, 1.807) is 7.05 Å². The molecule has 2 N–H and O–H groups in total. The van der Waals surface area contributed by atoms with Gasteiger partial charge in [-0.15, -0.1) is 12.4 Å². The van der Waals surface area contributed by atoms with Gasteiger partial charge in [0.1, 0.15) is 0 Å². The molecule has 102 valence electrons. The van der Waals surface area contributed by atoms with E-state index in [4.69, 9.17) is 0 Å². The highest BCUT2D eigenvalue weighted by Gasteiger charge is 2.29. The fourth-order valence-corrected chi connectivity index (χ4v) is 3.25. The summed E-state index contributed by atoms with van der Waals surface area (Å²) in [5, 5.41) is 3.22. The summed E-state index contributed by atoms with van der Waals surface area (Å²) in [6.45, 7) is 2.47. The van der Waals surface area contributed by atoms with Gasteiger partial charge in [-0.05, 0) is 44.7 Å². The molecular formula is C10H22ClN3O2S. The second-order valence-corrected chi connectivity index (χ2v) is 6.68. The van der Waals surface area contributed by atoms with Crippen LogP contribution in [0, 0.1) is 5.92 Å². The predicted octanol–water partition coefficient (Wildman–Crippen LogP) is 0.336. The van der Waals surface area contributed by atoms with Gasteiger partial charge in [0.2, 0.25) is 0 Å². The molecule has 0 aromatic heterocycles. The monoisotopic (exact) mass is 283 g/mol. The minimum absolute atomic E-state index is 0. The predicted molar refractivity (Wildman–Crippen MR) is 70.5 cm³/mol. The summed E-state index contributed by atoms with van der Waals surface area (Å²) in [6.07, 6.45) is 4.12. The molecule has 7 heteroatoms. The Morgan fingerprint density at radius 3 is 2.35 bits per heavy atom. The second kappa shape index (κ2) is 6.33. The molecule has 0 spiro atoms. The largest absolute Gasteiger partial charge is 0.317 e. The molecule has 1 aliphatic carbocycles. The normalized spacial score (nSPS) is 22.5. The van der Waals surface area contributed by atoms with Crippen molar-refractivity contribution >= 4 is 22.6 Å². The van der Waals surface area contributed by atoms with Gasteiger partial charge >= 0.3 is 0 Å². The molecule has 0 amide bonds. The van der Waals surface area contributed by atoms with Crippen molar-refractivity contribution < 1.29 is 8.42 Å². The first-order valence-electron chi connectivity index (χ1n) is 6.02. The number of halogens is 1. The van der Waals surface area contributed by atoms with E-state index in [0.29, 0.717) is 12.5 Å². The zero-order valence-electron chi connectivity index (χ0n) is 10.2. The van der Waals surface area contributed by atoms with Crippen molar-refractivity contribution in [3.05, 3.63) is 0 Å². The Kier molecular flexibility index (Phi) is 5.66. The maximum absolute atomic E-state index is 12.0. The molecule has 5 nitrogen and oxygen atoms in total. The van der Waals surface area contributed by atoms with E-state index in [2.05, 4.69) is 10.0 Å². The van der Waals surface area contributed by atoms with Crippen LogP contribution in [0.4, 0.5) is 0 Å². The zero-order chi connectivity index (χ0) is 11.6. The van der Waals surface area contributed by atoms with Crippen LogP contribution in [0.5, 0.6) is 0 Å². The molecule has 0 bridgehead atoms. The molecule has 1 heterocycles. The molecule has 0 aromatic rings. The fraction of sp³-hybridized carbons (Fsp3) is 1.00. The van der Waals surface area contributed by atoms with Crippen LogP contribution in [0.1, 0.15) is 25.7 Å². The van der Waals surface area contributed by atoms with Crippen LogP contribution in [0.25, 0.3) is 0 Å². The van der Waals surface area contributed by atoms with Crippen molar-refractivity contribution in [2.24, 2.45) is 5.92 Å². The van der Waals surface area contributed by atoms with Crippen LogP contribution in [0.2, 0.25) is 0 Å². The Morgan fingerprint density at radius 1 is 1.24 bits per heavy atom. The molecule has 0 aromatic carbocycles. The summed E-state index contributed by atoms with van der Waals surface area (Å²) >= 11 is 0. The average molecular weight is 284 g/mol. The number of nitrogens with zero attached hydrogens (tertiary/aromatic N) is 1. The van der Waals surface area contributed by atoms with E-state index in [1.165, 1.54) is 17.1 Å². The van der Waals surface area contributed by atoms with E-state index in [-0.39, 0.29) is 18.4 Å². The molecule has 0 unspecified atom stereocenters. The molecular weight excluding hydrogens is 262 g/mol. The van der Waals surface area contributed by atoms with Crippen molar-refractivity contribution in [3.63, 3.8) is 0 Å². The van der Waals surface area contributed by atoms with Crippen molar-refractivity contribution in [1.82, 2.24) is 14.3 Å². The highest BCUT2D eigenvalue weighted by molar-refractivity contribution is 7.87. The van der Waals surface area contributed by atoms with Crippen LogP contribution < -0.4 is 10.0 Å². The average Bonchev–Trinajstić information content (AvgIpc) is 3.02. The van der Waals surface area contributed by atoms with E-state index in [0.717, 1.165) is 25.9 Å². The third-order valence-corrected chi connectivity index (χ3v) is 4.88. The zero-order valence-corrected chi connectivity index (χ0v) is 11.8. The van der Waals surface area contributed by atoms with Crippen molar-refractivity contribution in [3.8, 4) is 0 Å². The van der Waals surface area contributed by atoms with Crippen molar-refractivity contribution in [2.45, 2.75) is 31.7 Å².